The Labute approximate surface area is 96.6 Å². The Balaban J connectivity index is 2.51. The SMILES string of the molecule is FC(F)Oc1cccc2cc(CCl)ccc12. The Morgan fingerprint density at radius 2 is 2.00 bits per heavy atom. The van der Waals surface area contributed by atoms with Gasteiger partial charge >= 0.3 is 6.61 Å². The normalized spacial score (nSPS) is 11.0. The van der Waals surface area contributed by atoms with E-state index in [-0.39, 0.29) is 5.75 Å². The molecule has 0 N–H and O–H groups in total. The van der Waals surface area contributed by atoms with Gasteiger partial charge in [-0.3, -0.25) is 0 Å². The van der Waals surface area contributed by atoms with Gasteiger partial charge in [-0.15, -0.1) is 11.6 Å². The molecule has 0 fully saturated rings. The molecule has 16 heavy (non-hydrogen) atoms. The van der Waals surface area contributed by atoms with Crippen LogP contribution in [0.15, 0.2) is 36.4 Å². The lowest BCUT2D eigenvalue weighted by atomic mass is 10.1. The highest BCUT2D eigenvalue weighted by molar-refractivity contribution is 6.17. The second-order valence-electron chi connectivity index (χ2n) is 3.32. The summed E-state index contributed by atoms with van der Waals surface area (Å²) >= 11 is 5.70. The molecule has 1 nitrogen and oxygen atoms in total. The van der Waals surface area contributed by atoms with Crippen LogP contribution in [0.2, 0.25) is 0 Å². The molecule has 0 atom stereocenters. The number of ether oxygens (including phenoxy) is 1. The number of halogens is 3. The van der Waals surface area contributed by atoms with Crippen molar-refractivity contribution in [3.63, 3.8) is 0 Å². The summed E-state index contributed by atoms with van der Waals surface area (Å²) in [5.41, 5.74) is 0.948. The first-order valence-electron chi connectivity index (χ1n) is 4.73. The predicted octanol–water partition coefficient (Wildman–Crippen LogP) is 4.18. The first-order valence-corrected chi connectivity index (χ1v) is 5.26. The molecule has 0 spiro atoms. The van der Waals surface area contributed by atoms with E-state index in [1.807, 2.05) is 12.1 Å². The van der Waals surface area contributed by atoms with E-state index < -0.39 is 6.61 Å². The maximum Gasteiger partial charge on any atom is 0.387 e. The van der Waals surface area contributed by atoms with E-state index in [1.165, 1.54) is 6.07 Å². The first-order chi connectivity index (χ1) is 7.70. The first kappa shape index (κ1) is 11.1. The van der Waals surface area contributed by atoms with Gasteiger partial charge in [0.1, 0.15) is 5.75 Å². The van der Waals surface area contributed by atoms with E-state index in [0.717, 1.165) is 10.9 Å². The molecule has 0 radical (unpaired) electrons. The van der Waals surface area contributed by atoms with Crippen LogP contribution in [-0.4, -0.2) is 6.61 Å². The average Bonchev–Trinajstić information content (AvgIpc) is 2.28. The molecule has 0 heterocycles. The molecule has 0 amide bonds. The highest BCUT2D eigenvalue weighted by atomic mass is 35.5. The molecule has 84 valence electrons. The quantitative estimate of drug-likeness (QED) is 0.734. The van der Waals surface area contributed by atoms with Crippen molar-refractivity contribution in [2.75, 3.05) is 0 Å². The van der Waals surface area contributed by atoms with Crippen molar-refractivity contribution in [3.05, 3.63) is 42.0 Å². The maximum absolute atomic E-state index is 12.2. The summed E-state index contributed by atoms with van der Waals surface area (Å²) in [7, 11) is 0. The van der Waals surface area contributed by atoms with Crippen LogP contribution >= 0.6 is 11.6 Å². The number of alkyl halides is 3. The van der Waals surface area contributed by atoms with Gasteiger partial charge in [-0.1, -0.05) is 24.3 Å². The van der Waals surface area contributed by atoms with Gasteiger partial charge in [0.2, 0.25) is 0 Å². The molecule has 0 aliphatic carbocycles. The zero-order valence-corrected chi connectivity index (χ0v) is 9.05. The fraction of sp³-hybridized carbons (Fsp3) is 0.167. The largest absolute Gasteiger partial charge is 0.434 e. The summed E-state index contributed by atoms with van der Waals surface area (Å²) in [6.45, 7) is -2.81. The summed E-state index contributed by atoms with van der Waals surface area (Å²) in [4.78, 5) is 0. The van der Waals surface area contributed by atoms with E-state index in [0.29, 0.717) is 11.3 Å². The Kier molecular flexibility index (Phi) is 3.25. The maximum atomic E-state index is 12.2. The molecule has 0 unspecified atom stereocenters. The highest BCUT2D eigenvalue weighted by Crippen LogP contribution is 2.27. The molecule has 0 bridgehead atoms. The number of benzene rings is 2. The van der Waals surface area contributed by atoms with Gasteiger partial charge in [-0.05, 0) is 23.1 Å². The molecule has 0 aliphatic heterocycles. The van der Waals surface area contributed by atoms with Crippen molar-refractivity contribution >= 4 is 22.4 Å². The van der Waals surface area contributed by atoms with Gasteiger partial charge in [0.05, 0.1) is 0 Å². The van der Waals surface area contributed by atoms with Gasteiger partial charge in [0.25, 0.3) is 0 Å². The number of hydrogen-bond donors (Lipinski definition) is 0. The smallest absolute Gasteiger partial charge is 0.387 e. The number of rotatable bonds is 3. The Morgan fingerprint density at radius 3 is 2.69 bits per heavy atom. The predicted molar refractivity (Wildman–Crippen MR) is 60.1 cm³/mol. The minimum atomic E-state index is -2.81. The second kappa shape index (κ2) is 4.66. The van der Waals surface area contributed by atoms with Gasteiger partial charge < -0.3 is 4.74 Å². The monoisotopic (exact) mass is 242 g/mol. The van der Waals surface area contributed by atoms with Crippen molar-refractivity contribution in [2.24, 2.45) is 0 Å². The standard InChI is InChI=1S/C12H9ClF2O/c13-7-8-4-5-10-9(6-8)2-1-3-11(10)16-12(14)15/h1-6,12H,7H2. The van der Waals surface area contributed by atoms with Crippen molar-refractivity contribution < 1.29 is 13.5 Å². The summed E-state index contributed by atoms with van der Waals surface area (Å²) in [6.07, 6.45) is 0. The molecule has 2 aromatic rings. The molecular formula is C12H9ClF2O. The zero-order valence-electron chi connectivity index (χ0n) is 8.29. The third kappa shape index (κ3) is 2.25. The lowest BCUT2D eigenvalue weighted by Crippen LogP contribution is -2.02. The molecule has 2 aromatic carbocycles. The van der Waals surface area contributed by atoms with Crippen molar-refractivity contribution in [1.29, 1.82) is 0 Å². The van der Waals surface area contributed by atoms with Crippen LogP contribution in [0.1, 0.15) is 5.56 Å². The van der Waals surface area contributed by atoms with Gasteiger partial charge in [0, 0.05) is 11.3 Å². The van der Waals surface area contributed by atoms with Gasteiger partial charge in [-0.2, -0.15) is 8.78 Å². The minimum Gasteiger partial charge on any atom is -0.434 e. The third-order valence-corrected chi connectivity index (χ3v) is 2.58. The lowest BCUT2D eigenvalue weighted by molar-refractivity contribution is -0.0487. The van der Waals surface area contributed by atoms with Crippen molar-refractivity contribution in [2.45, 2.75) is 12.5 Å². The van der Waals surface area contributed by atoms with Crippen molar-refractivity contribution in [1.82, 2.24) is 0 Å². The van der Waals surface area contributed by atoms with E-state index in [1.54, 1.807) is 18.2 Å². The molecule has 0 saturated heterocycles. The Hall–Kier alpha value is -1.35. The molecule has 0 aliphatic rings. The summed E-state index contributed by atoms with van der Waals surface area (Å²) in [6, 6.07) is 10.4. The second-order valence-corrected chi connectivity index (χ2v) is 3.59. The van der Waals surface area contributed by atoms with Gasteiger partial charge in [-0.25, -0.2) is 0 Å². The van der Waals surface area contributed by atoms with Crippen LogP contribution < -0.4 is 4.74 Å². The molecule has 0 saturated carbocycles. The molecule has 2 rings (SSSR count). The van der Waals surface area contributed by atoms with Crippen LogP contribution in [0, 0.1) is 0 Å². The molecular weight excluding hydrogens is 234 g/mol. The Bertz CT molecular complexity index is 499. The van der Waals surface area contributed by atoms with Crippen LogP contribution in [0.4, 0.5) is 8.78 Å². The average molecular weight is 243 g/mol. The van der Waals surface area contributed by atoms with E-state index in [9.17, 15) is 8.78 Å². The highest BCUT2D eigenvalue weighted by Gasteiger charge is 2.08. The third-order valence-electron chi connectivity index (χ3n) is 2.28. The minimum absolute atomic E-state index is 0.189. The molecule has 0 aromatic heterocycles. The fourth-order valence-corrected chi connectivity index (χ4v) is 1.75. The van der Waals surface area contributed by atoms with Crippen molar-refractivity contribution in [3.8, 4) is 5.75 Å². The van der Waals surface area contributed by atoms with Crippen LogP contribution in [-0.2, 0) is 5.88 Å². The summed E-state index contributed by atoms with van der Waals surface area (Å²) < 4.78 is 28.7. The van der Waals surface area contributed by atoms with Crippen LogP contribution in [0.3, 0.4) is 0 Å². The number of fused-ring (bicyclic) bond motifs is 1. The fourth-order valence-electron chi connectivity index (χ4n) is 1.59. The lowest BCUT2D eigenvalue weighted by Gasteiger charge is -2.08. The molecule has 4 heteroatoms. The van der Waals surface area contributed by atoms with Crippen LogP contribution in [0.5, 0.6) is 5.75 Å². The van der Waals surface area contributed by atoms with E-state index in [2.05, 4.69) is 4.74 Å². The summed E-state index contributed by atoms with van der Waals surface area (Å²) in [5.74, 6) is 0.587. The summed E-state index contributed by atoms with van der Waals surface area (Å²) in [5, 5.41) is 1.51. The topological polar surface area (TPSA) is 9.23 Å². The van der Waals surface area contributed by atoms with Crippen LogP contribution in [0.25, 0.3) is 10.8 Å². The van der Waals surface area contributed by atoms with E-state index >= 15 is 0 Å². The Morgan fingerprint density at radius 1 is 1.19 bits per heavy atom. The van der Waals surface area contributed by atoms with Gasteiger partial charge in [0.15, 0.2) is 0 Å². The van der Waals surface area contributed by atoms with E-state index in [4.69, 9.17) is 11.6 Å². The number of hydrogen-bond acceptors (Lipinski definition) is 1. The zero-order chi connectivity index (χ0) is 11.5.